The van der Waals surface area contributed by atoms with Gasteiger partial charge in [0.15, 0.2) is 0 Å². The summed E-state index contributed by atoms with van der Waals surface area (Å²) in [5.41, 5.74) is 19.5. The number of rotatable bonds is 36. The minimum absolute atomic E-state index is 0.0116. The largest absolute Gasteiger partial charge is 0.492 e. The lowest BCUT2D eigenvalue weighted by Gasteiger charge is -2.11. The second-order valence-corrected chi connectivity index (χ2v) is 36.5. The molecule has 0 unspecified atom stereocenters. The molecule has 35 heteroatoms. The predicted octanol–water partition coefficient (Wildman–Crippen LogP) is 20.6. The average molecular weight is 2040 g/mol. The van der Waals surface area contributed by atoms with Gasteiger partial charge in [-0.05, 0) is 296 Å². The SMILES string of the molecule is CN(C)CCOc1ccc(-c2nc(-c3ccncc3)c(-c3cc(C(=O)O)ccc3Cl)[nH]2)cc1.CN(C)CCOc1ccc(-c2nc(-c3ccncc3)c(-c3cc(C(=O)O)ccc3F)[nH]2)cc1.CN(C)CCc1nc(-c2cccc(C(=O)O)c2)c(-c2ccncc2)[nH]1.Cc1ccc(-c2nc(CCN(C)C)[nH]c2-c2ccncc2)cc1C(=O)O.Cc1ccc(C(=O)O)cc1-c1[nH]c(-c2ccc(OCCN(C)C)cc2)nc1-c1ccncc1. The van der Waals surface area contributed by atoms with Crippen LogP contribution in [0.3, 0.4) is 0 Å². The van der Waals surface area contributed by atoms with Crippen LogP contribution in [0.4, 0.5) is 4.39 Å². The number of aryl methyl sites for hydroxylation is 2. The van der Waals surface area contributed by atoms with Crippen LogP contribution in [0.2, 0.25) is 5.02 Å². The fourth-order valence-corrected chi connectivity index (χ4v) is 15.8. The van der Waals surface area contributed by atoms with Crippen LogP contribution in [0.15, 0.2) is 292 Å². The molecule has 10 heterocycles. The van der Waals surface area contributed by atoms with Crippen molar-refractivity contribution in [3.05, 3.63) is 354 Å². The molecule has 10 N–H and O–H groups in total. The summed E-state index contributed by atoms with van der Waals surface area (Å²) in [7, 11) is 20.1. The van der Waals surface area contributed by atoms with Crippen molar-refractivity contribution in [2.75, 3.05) is 123 Å². The number of hydrogen-bond acceptors (Lipinski definition) is 23. The number of carboxylic acids is 5. The minimum atomic E-state index is -1.13. The number of imidazole rings is 5. The van der Waals surface area contributed by atoms with Crippen molar-refractivity contribution in [3.63, 3.8) is 0 Å². The summed E-state index contributed by atoms with van der Waals surface area (Å²) in [6.45, 7) is 9.76. The number of aromatic carboxylic acids is 5. The highest BCUT2D eigenvalue weighted by Gasteiger charge is 2.27. The van der Waals surface area contributed by atoms with E-state index in [-0.39, 0.29) is 27.8 Å². The molecule has 33 nitrogen and oxygen atoms in total. The van der Waals surface area contributed by atoms with Crippen molar-refractivity contribution in [1.29, 1.82) is 0 Å². The number of aromatic nitrogens is 15. The molecule has 0 aliphatic heterocycles. The zero-order chi connectivity index (χ0) is 107. The van der Waals surface area contributed by atoms with Crippen molar-refractivity contribution in [1.82, 2.24) is 99.3 Å². The minimum Gasteiger partial charge on any atom is -0.492 e. The van der Waals surface area contributed by atoms with E-state index in [4.69, 9.17) is 50.7 Å². The summed E-state index contributed by atoms with van der Waals surface area (Å²) in [4.78, 5) is 129. The molecule has 0 spiro atoms. The Balaban J connectivity index is 0.000000148. The van der Waals surface area contributed by atoms with Gasteiger partial charge in [-0.15, -0.1) is 0 Å². The molecule has 766 valence electrons. The van der Waals surface area contributed by atoms with E-state index in [0.717, 1.165) is 187 Å². The molecular weight excluding hydrogens is 1920 g/mol. The Labute approximate surface area is 871 Å². The third-order valence-corrected chi connectivity index (χ3v) is 24.0. The summed E-state index contributed by atoms with van der Waals surface area (Å²) in [6.07, 6.45) is 18.5. The molecular formula is C115H114ClFN20O13. The van der Waals surface area contributed by atoms with Gasteiger partial charge < -0.3 is 89.2 Å². The number of halogens is 2. The monoisotopic (exact) mass is 2040 g/mol. The quantitative estimate of drug-likeness (QED) is 0.0174. The second-order valence-electron chi connectivity index (χ2n) is 36.1. The molecule has 0 radical (unpaired) electrons. The Morgan fingerprint density at radius 2 is 0.600 bits per heavy atom. The van der Waals surface area contributed by atoms with Crippen LogP contribution >= 0.6 is 11.6 Å². The molecule has 0 aliphatic rings. The molecule has 0 saturated carbocycles. The smallest absolute Gasteiger partial charge is 0.335 e. The lowest BCUT2D eigenvalue weighted by molar-refractivity contribution is 0.0685. The van der Waals surface area contributed by atoms with Gasteiger partial charge in [0, 0.05) is 180 Å². The average Bonchev–Trinajstić information content (AvgIpc) is 1.60. The topological polar surface area (TPSA) is 438 Å². The number of hydrogen-bond donors (Lipinski definition) is 10. The Bertz CT molecular complexity index is 7150. The summed E-state index contributed by atoms with van der Waals surface area (Å²) in [5, 5.41) is 47.4. The first kappa shape index (κ1) is 108. The van der Waals surface area contributed by atoms with Gasteiger partial charge >= 0.3 is 29.8 Å². The van der Waals surface area contributed by atoms with E-state index in [1.54, 1.807) is 130 Å². The summed E-state index contributed by atoms with van der Waals surface area (Å²) >= 11 is 6.47. The Hall–Kier alpha value is -17.7. The van der Waals surface area contributed by atoms with E-state index in [9.17, 15) is 53.9 Å². The maximum Gasteiger partial charge on any atom is 0.335 e. The van der Waals surface area contributed by atoms with Crippen LogP contribution in [0.1, 0.15) is 74.6 Å². The van der Waals surface area contributed by atoms with Gasteiger partial charge in [-0.2, -0.15) is 0 Å². The van der Waals surface area contributed by atoms with Crippen molar-refractivity contribution in [2.45, 2.75) is 26.7 Å². The number of aromatic amines is 5. The van der Waals surface area contributed by atoms with Crippen molar-refractivity contribution < 1.29 is 68.1 Å². The van der Waals surface area contributed by atoms with Gasteiger partial charge in [-0.1, -0.05) is 41.9 Å². The molecule has 150 heavy (non-hydrogen) atoms. The van der Waals surface area contributed by atoms with Crippen LogP contribution in [0.25, 0.3) is 147 Å². The molecule has 10 aromatic heterocycles. The lowest BCUT2D eigenvalue weighted by atomic mass is 9.99. The summed E-state index contributed by atoms with van der Waals surface area (Å²) in [5.74, 6) is 0.355. The van der Waals surface area contributed by atoms with Crippen molar-refractivity contribution in [2.24, 2.45) is 0 Å². The van der Waals surface area contributed by atoms with E-state index >= 15 is 0 Å². The van der Waals surface area contributed by atoms with Gasteiger partial charge in [0.1, 0.15) is 72.0 Å². The molecule has 0 aliphatic carbocycles. The Morgan fingerprint density at radius 3 is 0.967 bits per heavy atom. The predicted molar refractivity (Wildman–Crippen MR) is 578 cm³/mol. The number of pyridine rings is 5. The molecule has 8 aromatic carbocycles. The van der Waals surface area contributed by atoms with E-state index in [2.05, 4.69) is 69.4 Å². The molecule has 0 saturated heterocycles. The Morgan fingerprint density at radius 1 is 0.293 bits per heavy atom. The van der Waals surface area contributed by atoms with Crippen molar-refractivity contribution >= 4 is 41.4 Å². The molecule has 0 atom stereocenters. The maximum atomic E-state index is 14.8. The highest BCUT2D eigenvalue weighted by molar-refractivity contribution is 6.33. The fourth-order valence-electron chi connectivity index (χ4n) is 15.6. The summed E-state index contributed by atoms with van der Waals surface area (Å²) < 4.78 is 32.1. The van der Waals surface area contributed by atoms with E-state index < -0.39 is 35.7 Å². The fraction of sp³-hybridized carbons (Fsp3) is 0.191. The number of ether oxygens (including phenoxy) is 3. The molecule has 0 fully saturated rings. The van der Waals surface area contributed by atoms with Crippen LogP contribution < -0.4 is 14.2 Å². The van der Waals surface area contributed by atoms with Gasteiger partial charge in [0.05, 0.1) is 89.8 Å². The van der Waals surface area contributed by atoms with Gasteiger partial charge in [-0.3, -0.25) is 24.9 Å². The second kappa shape index (κ2) is 51.4. The van der Waals surface area contributed by atoms with E-state index in [0.29, 0.717) is 76.2 Å². The van der Waals surface area contributed by atoms with Gasteiger partial charge in [0.2, 0.25) is 0 Å². The van der Waals surface area contributed by atoms with Crippen LogP contribution in [-0.2, 0) is 12.8 Å². The zero-order valence-corrected chi connectivity index (χ0v) is 85.5. The van der Waals surface area contributed by atoms with Crippen LogP contribution in [0.5, 0.6) is 17.2 Å². The third kappa shape index (κ3) is 29.0. The molecule has 0 bridgehead atoms. The maximum absolute atomic E-state index is 14.8. The molecule has 0 amide bonds. The normalized spacial score (nSPS) is 11.0. The number of likely N-dealkylation sites (N-methyl/N-ethyl adjacent to an activating group) is 5. The molecule has 18 rings (SSSR count). The van der Waals surface area contributed by atoms with Crippen molar-refractivity contribution in [3.8, 4) is 164 Å². The van der Waals surface area contributed by atoms with Crippen LogP contribution in [0, 0.1) is 19.7 Å². The number of nitrogens with zero attached hydrogens (tertiary/aromatic N) is 15. The number of nitrogens with one attached hydrogen (secondary N) is 5. The van der Waals surface area contributed by atoms with Gasteiger partial charge in [0.25, 0.3) is 0 Å². The highest BCUT2D eigenvalue weighted by atomic mass is 35.5. The highest BCUT2D eigenvalue weighted by Crippen LogP contribution is 2.42. The van der Waals surface area contributed by atoms with E-state index in [1.807, 2.05) is 228 Å². The molecule has 18 aromatic rings. The number of H-pyrrole nitrogens is 5. The third-order valence-electron chi connectivity index (χ3n) is 23.7. The first-order valence-corrected chi connectivity index (χ1v) is 48.2. The summed E-state index contributed by atoms with van der Waals surface area (Å²) in [6, 6.07) is 67.2. The zero-order valence-electron chi connectivity index (χ0n) is 84.8. The number of benzene rings is 8. The standard InChI is InChI=1S/C26H26N4O3.C25H23ClN4O3.C25H23FN4O3.C20H22N4O2.C19H20N4O2/c1-17-4-5-20(26(31)32)16-22(17)24-23(18-10-12-27-13-11-18)28-25(29-24)19-6-8-21(9-7-19)33-15-14-30(2)3;2*1-30(2)13-14-33-19-6-3-17(4-7-19)24-28-22(16-9-11-27-12-10-16)23(29-24)20-15-18(25(31)32)5-8-21(20)26;1-13-4-5-15(12-16(13)20(25)26)19-18(14-6-9-21-10-7-14)22-17(23-19)8-11-24(2)3;1-23(2)11-8-16-21-17(13-6-9-20-10-7-13)18(22-16)14-4-3-5-15(12-14)19(24)25/h4-13,16H,14-15H2,1-3H3,(H,28,29)(H,31,32);2*3-12,15H,13-14H2,1-2H3,(H,28,29)(H,31,32);4-7,9-10,12H,8,11H2,1-3H3,(H,22,23)(H,25,26);3-7,9-10,12H,8,11H2,1-2H3,(H,21,22)(H,24,25). The lowest BCUT2D eigenvalue weighted by Crippen LogP contribution is -2.19. The first-order valence-electron chi connectivity index (χ1n) is 47.8. The first-order chi connectivity index (χ1) is 72.3. The van der Waals surface area contributed by atoms with Gasteiger partial charge in [-0.25, -0.2) is 53.3 Å². The Kier molecular flexibility index (Phi) is 37.0. The number of carboxylic acid groups (broad SMARTS) is 5. The van der Waals surface area contributed by atoms with E-state index in [1.165, 1.54) is 18.2 Å². The van der Waals surface area contributed by atoms with Crippen LogP contribution in [-0.4, -0.2) is 278 Å². The number of carbonyl (C=O) groups is 5.